The quantitative estimate of drug-likeness (QED) is 0.622. The first kappa shape index (κ1) is 15.1. The molecule has 25 heavy (non-hydrogen) atoms. The molecule has 124 valence electrons. The van der Waals surface area contributed by atoms with E-state index in [1.54, 1.807) is 24.6 Å². The van der Waals surface area contributed by atoms with E-state index < -0.39 is 0 Å². The number of carbonyl (C=O) groups excluding carboxylic acids is 1. The smallest absolute Gasteiger partial charge is 0.251 e. The number of carbonyl (C=O) groups is 1. The maximum atomic E-state index is 12.4. The third-order valence-corrected chi connectivity index (χ3v) is 3.95. The minimum atomic E-state index is -0.159. The van der Waals surface area contributed by atoms with Gasteiger partial charge in [-0.1, -0.05) is 6.07 Å². The van der Waals surface area contributed by atoms with Gasteiger partial charge in [0.15, 0.2) is 5.65 Å². The maximum absolute atomic E-state index is 12.4. The van der Waals surface area contributed by atoms with Crippen LogP contribution in [-0.4, -0.2) is 20.4 Å². The van der Waals surface area contributed by atoms with Crippen molar-refractivity contribution in [3.8, 4) is 5.69 Å². The Bertz CT molecular complexity index is 1030. The molecule has 1 aromatic carbocycles. The van der Waals surface area contributed by atoms with Crippen molar-refractivity contribution in [2.24, 2.45) is 0 Å². The molecule has 0 radical (unpaired) electrons. The zero-order valence-electron chi connectivity index (χ0n) is 13.6. The van der Waals surface area contributed by atoms with Gasteiger partial charge in [-0.15, -0.1) is 0 Å². The van der Waals surface area contributed by atoms with Gasteiger partial charge >= 0.3 is 0 Å². The van der Waals surface area contributed by atoms with Gasteiger partial charge < -0.3 is 9.73 Å². The molecule has 0 spiro atoms. The van der Waals surface area contributed by atoms with Crippen LogP contribution in [0, 0.1) is 6.92 Å². The summed E-state index contributed by atoms with van der Waals surface area (Å²) in [7, 11) is 0. The number of amides is 1. The lowest BCUT2D eigenvalue weighted by atomic mass is 10.2. The van der Waals surface area contributed by atoms with Gasteiger partial charge in [0, 0.05) is 17.4 Å². The summed E-state index contributed by atoms with van der Waals surface area (Å²) in [6.07, 6.45) is 3.32. The molecule has 0 bridgehead atoms. The highest BCUT2D eigenvalue weighted by Gasteiger charge is 2.12. The topological polar surface area (TPSA) is 73.0 Å². The summed E-state index contributed by atoms with van der Waals surface area (Å²) in [6.45, 7) is 2.27. The first-order chi connectivity index (χ1) is 12.2. The van der Waals surface area contributed by atoms with E-state index in [2.05, 4.69) is 15.3 Å². The highest BCUT2D eigenvalue weighted by atomic mass is 16.3. The molecule has 3 heterocycles. The number of rotatable bonds is 4. The van der Waals surface area contributed by atoms with Crippen molar-refractivity contribution in [1.29, 1.82) is 0 Å². The second-order valence-electron chi connectivity index (χ2n) is 5.65. The van der Waals surface area contributed by atoms with Crippen LogP contribution >= 0.6 is 0 Å². The van der Waals surface area contributed by atoms with E-state index >= 15 is 0 Å². The number of imidazole rings is 1. The molecule has 4 rings (SSSR count). The SMILES string of the molecule is Cc1nc2cccnc2n1-c1cccc(C(=O)NCc2ccco2)c1. The van der Waals surface area contributed by atoms with Gasteiger partial charge in [-0.05, 0) is 49.4 Å². The van der Waals surface area contributed by atoms with Crippen LogP contribution in [0.2, 0.25) is 0 Å². The molecule has 0 saturated carbocycles. The number of aryl methyl sites for hydroxylation is 1. The molecule has 4 aromatic rings. The molecule has 1 amide bonds. The summed E-state index contributed by atoms with van der Waals surface area (Å²) in [5.74, 6) is 1.38. The molecule has 0 unspecified atom stereocenters. The minimum Gasteiger partial charge on any atom is -0.467 e. The standard InChI is InChI=1S/C19H16N4O2/c1-13-22-17-8-3-9-20-18(17)23(13)15-6-2-5-14(11-15)19(24)21-12-16-7-4-10-25-16/h2-11H,12H2,1H3,(H,21,24). The number of fused-ring (bicyclic) bond motifs is 1. The van der Waals surface area contributed by atoms with Gasteiger partial charge in [0.2, 0.25) is 0 Å². The molecule has 3 aromatic heterocycles. The van der Waals surface area contributed by atoms with Crippen LogP contribution in [-0.2, 0) is 6.54 Å². The summed E-state index contributed by atoms with van der Waals surface area (Å²) < 4.78 is 7.17. The number of aromatic nitrogens is 3. The number of furan rings is 1. The third kappa shape index (κ3) is 2.89. The Kier molecular flexibility index (Phi) is 3.78. The van der Waals surface area contributed by atoms with Crippen molar-refractivity contribution < 1.29 is 9.21 Å². The van der Waals surface area contributed by atoms with Gasteiger partial charge in [0.25, 0.3) is 5.91 Å². The lowest BCUT2D eigenvalue weighted by Gasteiger charge is -2.09. The average molecular weight is 332 g/mol. The summed E-state index contributed by atoms with van der Waals surface area (Å²) in [5.41, 5.74) is 3.02. The van der Waals surface area contributed by atoms with Crippen LogP contribution < -0.4 is 5.32 Å². The largest absolute Gasteiger partial charge is 0.467 e. The van der Waals surface area contributed by atoms with Crippen molar-refractivity contribution in [2.75, 3.05) is 0 Å². The Morgan fingerprint density at radius 2 is 2.12 bits per heavy atom. The molecule has 0 atom stereocenters. The monoisotopic (exact) mass is 332 g/mol. The number of nitrogens with zero attached hydrogens (tertiary/aromatic N) is 3. The van der Waals surface area contributed by atoms with Crippen molar-refractivity contribution in [1.82, 2.24) is 19.9 Å². The molecule has 0 aliphatic rings. The number of nitrogens with one attached hydrogen (secondary N) is 1. The van der Waals surface area contributed by atoms with Gasteiger partial charge in [0.1, 0.15) is 17.1 Å². The van der Waals surface area contributed by atoms with Crippen molar-refractivity contribution in [2.45, 2.75) is 13.5 Å². The van der Waals surface area contributed by atoms with Crippen LogP contribution in [0.1, 0.15) is 21.9 Å². The zero-order chi connectivity index (χ0) is 17.2. The highest BCUT2D eigenvalue weighted by Crippen LogP contribution is 2.20. The molecular weight excluding hydrogens is 316 g/mol. The molecular formula is C19H16N4O2. The summed E-state index contributed by atoms with van der Waals surface area (Å²) in [5, 5.41) is 2.85. The number of hydrogen-bond acceptors (Lipinski definition) is 4. The molecule has 0 fully saturated rings. The first-order valence-corrected chi connectivity index (χ1v) is 7.93. The van der Waals surface area contributed by atoms with Gasteiger partial charge in [-0.3, -0.25) is 9.36 Å². The van der Waals surface area contributed by atoms with Gasteiger partial charge in [0.05, 0.1) is 12.8 Å². The van der Waals surface area contributed by atoms with E-state index in [0.717, 1.165) is 22.7 Å². The van der Waals surface area contributed by atoms with Crippen LogP contribution in [0.4, 0.5) is 0 Å². The lowest BCUT2D eigenvalue weighted by molar-refractivity contribution is 0.0948. The predicted molar refractivity (Wildman–Crippen MR) is 93.5 cm³/mol. The maximum Gasteiger partial charge on any atom is 0.251 e. The van der Waals surface area contributed by atoms with Gasteiger partial charge in [-0.25, -0.2) is 9.97 Å². The predicted octanol–water partition coefficient (Wildman–Crippen LogP) is 3.25. The molecule has 6 heteroatoms. The number of hydrogen-bond donors (Lipinski definition) is 1. The number of pyridine rings is 1. The van der Waals surface area contributed by atoms with E-state index in [-0.39, 0.29) is 5.91 Å². The summed E-state index contributed by atoms with van der Waals surface area (Å²) >= 11 is 0. The van der Waals surface area contributed by atoms with Gasteiger partial charge in [-0.2, -0.15) is 0 Å². The molecule has 0 saturated heterocycles. The second-order valence-corrected chi connectivity index (χ2v) is 5.65. The molecule has 1 N–H and O–H groups in total. The summed E-state index contributed by atoms with van der Waals surface area (Å²) in [4.78, 5) is 21.3. The van der Waals surface area contributed by atoms with Crippen LogP contribution in [0.5, 0.6) is 0 Å². The fraction of sp³-hybridized carbons (Fsp3) is 0.105. The van der Waals surface area contributed by atoms with E-state index in [1.807, 2.05) is 47.9 Å². The Morgan fingerprint density at radius 3 is 2.96 bits per heavy atom. The summed E-state index contributed by atoms with van der Waals surface area (Å²) in [6, 6.07) is 14.8. The van der Waals surface area contributed by atoms with Crippen LogP contribution in [0.25, 0.3) is 16.9 Å². The van der Waals surface area contributed by atoms with E-state index in [1.165, 1.54) is 0 Å². The zero-order valence-corrected chi connectivity index (χ0v) is 13.6. The van der Waals surface area contributed by atoms with E-state index in [0.29, 0.717) is 17.9 Å². The average Bonchev–Trinajstić information content (AvgIpc) is 3.26. The Labute approximate surface area is 144 Å². The first-order valence-electron chi connectivity index (χ1n) is 7.93. The fourth-order valence-corrected chi connectivity index (χ4v) is 2.80. The van der Waals surface area contributed by atoms with Crippen molar-refractivity contribution in [3.63, 3.8) is 0 Å². The Hall–Kier alpha value is -3.41. The van der Waals surface area contributed by atoms with Crippen molar-refractivity contribution >= 4 is 17.1 Å². The lowest BCUT2D eigenvalue weighted by Crippen LogP contribution is -2.22. The minimum absolute atomic E-state index is 0.159. The van der Waals surface area contributed by atoms with Crippen LogP contribution in [0.15, 0.2) is 65.4 Å². The molecule has 0 aliphatic heterocycles. The fourth-order valence-electron chi connectivity index (χ4n) is 2.80. The normalized spacial score (nSPS) is 10.9. The highest BCUT2D eigenvalue weighted by molar-refractivity contribution is 5.94. The Morgan fingerprint density at radius 1 is 1.20 bits per heavy atom. The number of benzene rings is 1. The third-order valence-electron chi connectivity index (χ3n) is 3.95. The van der Waals surface area contributed by atoms with Crippen LogP contribution in [0.3, 0.4) is 0 Å². The molecule has 0 aliphatic carbocycles. The second kappa shape index (κ2) is 6.24. The van der Waals surface area contributed by atoms with E-state index in [9.17, 15) is 4.79 Å². The molecule has 6 nitrogen and oxygen atoms in total. The van der Waals surface area contributed by atoms with Crippen molar-refractivity contribution in [3.05, 3.63) is 78.1 Å². The Balaban J connectivity index is 1.64. The van der Waals surface area contributed by atoms with E-state index in [4.69, 9.17) is 4.42 Å².